The van der Waals surface area contributed by atoms with Gasteiger partial charge in [0, 0.05) is 14.0 Å². The largest absolute Gasteiger partial charge is 0.463 e. The van der Waals surface area contributed by atoms with Crippen LogP contribution in [0.3, 0.4) is 0 Å². The van der Waals surface area contributed by atoms with E-state index in [1.807, 2.05) is 0 Å². The first kappa shape index (κ1) is 16.3. The van der Waals surface area contributed by atoms with E-state index in [0.29, 0.717) is 0 Å². The lowest BCUT2D eigenvalue weighted by Gasteiger charge is -2.39. The molecule has 0 bridgehead atoms. The molecule has 0 spiro atoms. The molecule has 3 N–H and O–H groups in total. The van der Waals surface area contributed by atoms with Gasteiger partial charge in [-0.25, -0.2) is 0 Å². The van der Waals surface area contributed by atoms with Crippen molar-refractivity contribution in [1.82, 2.24) is 0 Å². The van der Waals surface area contributed by atoms with E-state index in [-0.39, 0.29) is 14.0 Å². The number of hydrogen-bond donors (Lipinski definition) is 3. The number of rotatable bonds is 3. The summed E-state index contributed by atoms with van der Waals surface area (Å²) in [5.41, 5.74) is 0. The van der Waals surface area contributed by atoms with Crippen molar-refractivity contribution in [3.8, 4) is 0 Å². The van der Waals surface area contributed by atoms with Crippen LogP contribution in [0.1, 0.15) is 14.4 Å². The van der Waals surface area contributed by atoms with E-state index in [0.717, 1.165) is 0 Å². The Labute approximate surface area is 99.9 Å². The fraction of sp³-hybridized carbons (Fsp3) is 0.900. The van der Waals surface area contributed by atoms with Gasteiger partial charge >= 0.3 is 5.97 Å². The molecule has 7 nitrogen and oxygen atoms in total. The first-order valence-corrected chi connectivity index (χ1v) is 4.83. The standard InChI is InChI=1S/C9H16O7.CH4/c1-4(10)15-3-5-6(11)7(12)8(13)9(14-2)16-5;/h5-9,11-13H,3H2,1-2H3;1H4/t5?,6-,7?,8?,9-;/m1./s1. The van der Waals surface area contributed by atoms with E-state index in [4.69, 9.17) is 9.47 Å². The molecule has 0 amide bonds. The Morgan fingerprint density at radius 2 is 1.82 bits per heavy atom. The fourth-order valence-corrected chi connectivity index (χ4v) is 1.45. The van der Waals surface area contributed by atoms with E-state index >= 15 is 0 Å². The number of hydrogen-bond acceptors (Lipinski definition) is 7. The molecule has 1 aliphatic rings. The summed E-state index contributed by atoms with van der Waals surface area (Å²) < 4.78 is 14.6. The van der Waals surface area contributed by atoms with Crippen molar-refractivity contribution in [3.05, 3.63) is 0 Å². The second-order valence-corrected chi connectivity index (χ2v) is 3.55. The predicted octanol–water partition coefficient (Wildman–Crippen LogP) is -1.36. The fourth-order valence-electron chi connectivity index (χ4n) is 1.45. The Hall–Kier alpha value is -0.730. The number of aliphatic hydroxyl groups excluding tert-OH is 3. The third kappa shape index (κ3) is 3.90. The topological polar surface area (TPSA) is 105 Å². The number of esters is 1. The molecule has 0 saturated carbocycles. The highest BCUT2D eigenvalue weighted by Gasteiger charge is 2.44. The normalized spacial score (nSPS) is 37.1. The Morgan fingerprint density at radius 1 is 1.24 bits per heavy atom. The number of methoxy groups -OCH3 is 1. The zero-order chi connectivity index (χ0) is 12.3. The lowest BCUT2D eigenvalue weighted by Crippen LogP contribution is -2.59. The summed E-state index contributed by atoms with van der Waals surface area (Å²) in [6, 6.07) is 0. The maximum Gasteiger partial charge on any atom is 0.302 e. The maximum absolute atomic E-state index is 10.6. The van der Waals surface area contributed by atoms with Gasteiger partial charge < -0.3 is 29.5 Å². The predicted molar refractivity (Wildman–Crippen MR) is 57.1 cm³/mol. The van der Waals surface area contributed by atoms with Crippen LogP contribution in [0.4, 0.5) is 0 Å². The monoisotopic (exact) mass is 252 g/mol. The van der Waals surface area contributed by atoms with Crippen molar-refractivity contribution in [1.29, 1.82) is 0 Å². The number of ether oxygens (including phenoxy) is 3. The first-order chi connectivity index (χ1) is 7.47. The summed E-state index contributed by atoms with van der Waals surface area (Å²) >= 11 is 0. The SMILES string of the molecule is C.CO[C@@H]1OC(COC(C)=O)[C@@H](O)C(O)C1O. The zero-order valence-electron chi connectivity index (χ0n) is 9.07. The van der Waals surface area contributed by atoms with Crippen LogP contribution >= 0.6 is 0 Å². The van der Waals surface area contributed by atoms with E-state index in [9.17, 15) is 20.1 Å². The Morgan fingerprint density at radius 3 is 2.29 bits per heavy atom. The highest BCUT2D eigenvalue weighted by Crippen LogP contribution is 2.21. The van der Waals surface area contributed by atoms with Crippen LogP contribution in [0.2, 0.25) is 0 Å². The van der Waals surface area contributed by atoms with Crippen LogP contribution < -0.4 is 0 Å². The van der Waals surface area contributed by atoms with E-state index in [1.54, 1.807) is 0 Å². The van der Waals surface area contributed by atoms with Gasteiger partial charge in [0.05, 0.1) is 0 Å². The molecular formula is C10H20O7. The van der Waals surface area contributed by atoms with Crippen molar-refractivity contribution in [2.75, 3.05) is 13.7 Å². The van der Waals surface area contributed by atoms with Gasteiger partial charge in [-0.1, -0.05) is 7.43 Å². The van der Waals surface area contributed by atoms with Gasteiger partial charge in [0.25, 0.3) is 0 Å². The van der Waals surface area contributed by atoms with Gasteiger partial charge in [0.15, 0.2) is 6.29 Å². The molecule has 102 valence electrons. The molecule has 0 aromatic rings. The van der Waals surface area contributed by atoms with Crippen molar-refractivity contribution in [2.24, 2.45) is 0 Å². The summed E-state index contributed by atoms with van der Waals surface area (Å²) in [4.78, 5) is 10.6. The van der Waals surface area contributed by atoms with Gasteiger partial charge in [-0.2, -0.15) is 0 Å². The first-order valence-electron chi connectivity index (χ1n) is 4.83. The summed E-state index contributed by atoms with van der Waals surface area (Å²) in [6.07, 6.45) is -6.06. The third-order valence-corrected chi connectivity index (χ3v) is 2.35. The molecule has 1 fully saturated rings. The minimum absolute atomic E-state index is 0. The quantitative estimate of drug-likeness (QED) is 0.533. The minimum atomic E-state index is -1.40. The Balaban J connectivity index is 0.00000256. The summed E-state index contributed by atoms with van der Waals surface area (Å²) in [5, 5.41) is 28.5. The maximum atomic E-state index is 10.6. The van der Waals surface area contributed by atoms with Gasteiger partial charge in [0.1, 0.15) is 31.0 Å². The molecule has 1 rings (SSSR count). The lowest BCUT2D eigenvalue weighted by molar-refractivity contribution is -0.295. The van der Waals surface area contributed by atoms with Crippen molar-refractivity contribution >= 4 is 5.97 Å². The molecule has 1 aliphatic heterocycles. The molecular weight excluding hydrogens is 232 g/mol. The second-order valence-electron chi connectivity index (χ2n) is 3.55. The second kappa shape index (κ2) is 6.87. The van der Waals surface area contributed by atoms with Crippen molar-refractivity contribution < 1.29 is 34.3 Å². The van der Waals surface area contributed by atoms with Crippen LogP contribution in [0.25, 0.3) is 0 Å². The van der Waals surface area contributed by atoms with Crippen molar-refractivity contribution in [3.63, 3.8) is 0 Å². The van der Waals surface area contributed by atoms with E-state index in [2.05, 4.69) is 4.74 Å². The molecule has 0 aromatic carbocycles. The molecule has 0 aliphatic carbocycles. The molecule has 0 aromatic heterocycles. The highest BCUT2D eigenvalue weighted by atomic mass is 16.7. The Kier molecular flexibility index (Phi) is 6.58. The van der Waals surface area contributed by atoms with Crippen LogP contribution in [-0.4, -0.2) is 65.7 Å². The zero-order valence-corrected chi connectivity index (χ0v) is 9.07. The van der Waals surface area contributed by atoms with E-state index in [1.165, 1.54) is 14.0 Å². The lowest BCUT2D eigenvalue weighted by atomic mass is 9.99. The molecule has 0 radical (unpaired) electrons. The van der Waals surface area contributed by atoms with E-state index < -0.39 is 36.7 Å². The van der Waals surface area contributed by atoms with Crippen LogP contribution in [-0.2, 0) is 19.0 Å². The van der Waals surface area contributed by atoms with Gasteiger partial charge in [-0.05, 0) is 0 Å². The van der Waals surface area contributed by atoms with Gasteiger partial charge in [0.2, 0.25) is 0 Å². The summed E-state index contributed by atoms with van der Waals surface area (Å²) in [7, 11) is 1.29. The third-order valence-electron chi connectivity index (χ3n) is 2.35. The van der Waals surface area contributed by atoms with Crippen molar-refractivity contribution in [2.45, 2.75) is 45.1 Å². The molecule has 17 heavy (non-hydrogen) atoms. The van der Waals surface area contributed by atoms with Crippen LogP contribution in [0.15, 0.2) is 0 Å². The number of carbonyl (C=O) groups is 1. The summed E-state index contributed by atoms with van der Waals surface area (Å²) in [6.45, 7) is 1.01. The van der Waals surface area contributed by atoms with Crippen LogP contribution in [0, 0.1) is 0 Å². The molecule has 7 heteroatoms. The molecule has 1 heterocycles. The average Bonchev–Trinajstić information content (AvgIpc) is 2.25. The number of aliphatic hydroxyl groups is 3. The van der Waals surface area contributed by atoms with Gasteiger partial charge in [-0.3, -0.25) is 4.79 Å². The average molecular weight is 252 g/mol. The van der Waals surface area contributed by atoms with Crippen LogP contribution in [0.5, 0.6) is 0 Å². The number of carbonyl (C=O) groups excluding carboxylic acids is 1. The summed E-state index contributed by atoms with van der Waals surface area (Å²) in [5.74, 6) is -0.523. The Bertz CT molecular complexity index is 243. The van der Waals surface area contributed by atoms with Gasteiger partial charge in [-0.15, -0.1) is 0 Å². The highest BCUT2D eigenvalue weighted by molar-refractivity contribution is 5.65. The molecule has 5 atom stereocenters. The minimum Gasteiger partial charge on any atom is -0.463 e. The molecule has 3 unspecified atom stereocenters. The molecule has 1 saturated heterocycles. The smallest absolute Gasteiger partial charge is 0.302 e.